The van der Waals surface area contributed by atoms with Gasteiger partial charge in [-0.1, -0.05) is 6.42 Å². The summed E-state index contributed by atoms with van der Waals surface area (Å²) in [6, 6.07) is 0.106. The van der Waals surface area contributed by atoms with Crippen LogP contribution < -0.4 is 0 Å². The van der Waals surface area contributed by atoms with Crippen molar-refractivity contribution < 1.29 is 4.79 Å². The molecule has 1 amide bonds. The van der Waals surface area contributed by atoms with E-state index in [1.54, 1.807) is 0 Å². The highest BCUT2D eigenvalue weighted by atomic mass is 16.2. The number of rotatable bonds is 0. The van der Waals surface area contributed by atoms with E-state index in [1.807, 2.05) is 13.1 Å². The Morgan fingerprint density at radius 1 is 1.64 bits per heavy atom. The monoisotopic (exact) mass is 152 g/mol. The summed E-state index contributed by atoms with van der Waals surface area (Å²) >= 11 is 0. The largest absolute Gasteiger partial charge is 0.274 e. The molecule has 11 heavy (non-hydrogen) atoms. The highest BCUT2D eigenvalue weighted by Gasteiger charge is 2.22. The molecule has 1 aliphatic rings. The Hall–Kier alpha value is -1.04. The third-order valence-corrected chi connectivity index (χ3v) is 2.08. The molecule has 0 bridgehead atoms. The van der Waals surface area contributed by atoms with Gasteiger partial charge in [0.05, 0.1) is 0 Å². The first kappa shape index (κ1) is 8.06. The van der Waals surface area contributed by atoms with Crippen molar-refractivity contribution in [2.24, 2.45) is 0 Å². The number of amides is 1. The summed E-state index contributed by atoms with van der Waals surface area (Å²) in [5.74, 6) is -0.0162. The van der Waals surface area contributed by atoms with Crippen molar-refractivity contribution in [2.75, 3.05) is 0 Å². The highest BCUT2D eigenvalue weighted by Crippen LogP contribution is 2.15. The van der Waals surface area contributed by atoms with Crippen LogP contribution in [0.25, 0.3) is 0 Å². The smallest absolute Gasteiger partial charge is 0.235 e. The number of carbonyl (C=O) groups excluding carboxylic acids is 1. The first-order chi connectivity index (χ1) is 5.25. The van der Waals surface area contributed by atoms with E-state index in [9.17, 15) is 4.79 Å². The fourth-order valence-corrected chi connectivity index (χ4v) is 1.37. The van der Waals surface area contributed by atoms with Gasteiger partial charge in [0.15, 0.2) is 6.19 Å². The Labute approximate surface area is 66.6 Å². The normalized spacial score (nSPS) is 26.0. The molecule has 0 aromatic carbocycles. The second-order valence-corrected chi connectivity index (χ2v) is 2.96. The molecule has 0 radical (unpaired) electrons. The van der Waals surface area contributed by atoms with Crippen LogP contribution in [0.15, 0.2) is 0 Å². The second-order valence-electron chi connectivity index (χ2n) is 2.96. The summed E-state index contributed by atoms with van der Waals surface area (Å²) in [7, 11) is 0. The zero-order valence-corrected chi connectivity index (χ0v) is 6.71. The molecule has 1 unspecified atom stereocenters. The Morgan fingerprint density at radius 2 is 2.36 bits per heavy atom. The summed E-state index contributed by atoms with van der Waals surface area (Å²) < 4.78 is 0. The second kappa shape index (κ2) is 3.38. The molecular weight excluding hydrogens is 140 g/mol. The minimum absolute atomic E-state index is 0.0162. The van der Waals surface area contributed by atoms with Crippen molar-refractivity contribution >= 4 is 5.91 Å². The molecule has 1 heterocycles. The van der Waals surface area contributed by atoms with Crippen LogP contribution >= 0.6 is 0 Å². The molecule has 0 aromatic rings. The molecular formula is C8H12N2O. The van der Waals surface area contributed by atoms with Crippen molar-refractivity contribution in [1.29, 1.82) is 5.26 Å². The van der Waals surface area contributed by atoms with Crippen LogP contribution in [0.5, 0.6) is 0 Å². The van der Waals surface area contributed by atoms with Crippen LogP contribution in [0.1, 0.15) is 32.6 Å². The number of nitrogens with zero attached hydrogens (tertiary/aromatic N) is 2. The average Bonchev–Trinajstić information content (AvgIpc) is 2.12. The summed E-state index contributed by atoms with van der Waals surface area (Å²) in [4.78, 5) is 12.5. The molecule has 3 heteroatoms. The number of carbonyl (C=O) groups is 1. The lowest BCUT2D eigenvalue weighted by Crippen LogP contribution is -2.32. The van der Waals surface area contributed by atoms with Gasteiger partial charge in [-0.05, 0) is 19.8 Å². The number of likely N-dealkylation sites (tertiary alicyclic amines) is 1. The zero-order chi connectivity index (χ0) is 8.27. The SMILES string of the molecule is CC1CCCCC(=O)N1C#N. The molecule has 1 rings (SSSR count). The predicted molar refractivity (Wildman–Crippen MR) is 40.4 cm³/mol. The van der Waals surface area contributed by atoms with Gasteiger partial charge < -0.3 is 0 Å². The van der Waals surface area contributed by atoms with E-state index in [0.717, 1.165) is 19.3 Å². The van der Waals surface area contributed by atoms with E-state index in [0.29, 0.717) is 6.42 Å². The third-order valence-electron chi connectivity index (χ3n) is 2.08. The Balaban J connectivity index is 2.68. The summed E-state index contributed by atoms with van der Waals surface area (Å²) in [6.45, 7) is 1.92. The number of hydrogen-bond donors (Lipinski definition) is 0. The van der Waals surface area contributed by atoms with Gasteiger partial charge >= 0.3 is 0 Å². The van der Waals surface area contributed by atoms with Gasteiger partial charge in [-0.2, -0.15) is 5.26 Å². The van der Waals surface area contributed by atoms with Crippen molar-refractivity contribution in [1.82, 2.24) is 4.90 Å². The summed E-state index contributed by atoms with van der Waals surface area (Å²) in [5, 5.41) is 8.61. The molecule has 1 atom stereocenters. The first-order valence-electron chi connectivity index (χ1n) is 3.97. The van der Waals surface area contributed by atoms with Crippen LogP contribution in [0.3, 0.4) is 0 Å². The van der Waals surface area contributed by atoms with E-state index >= 15 is 0 Å². The standard InChI is InChI=1S/C8H12N2O/c1-7-4-2-3-5-8(11)10(7)6-9/h7H,2-5H2,1H3. The number of hydrogen-bond acceptors (Lipinski definition) is 2. The van der Waals surface area contributed by atoms with Crippen molar-refractivity contribution in [3.63, 3.8) is 0 Å². The fourth-order valence-electron chi connectivity index (χ4n) is 1.37. The van der Waals surface area contributed by atoms with Gasteiger partial charge in [-0.25, -0.2) is 4.90 Å². The lowest BCUT2D eigenvalue weighted by atomic mass is 10.1. The topological polar surface area (TPSA) is 44.1 Å². The molecule has 3 nitrogen and oxygen atoms in total. The Bertz CT molecular complexity index is 195. The van der Waals surface area contributed by atoms with Crippen LogP contribution in [0.2, 0.25) is 0 Å². The molecule has 0 saturated carbocycles. The minimum atomic E-state index is -0.0162. The average molecular weight is 152 g/mol. The quantitative estimate of drug-likeness (QED) is 0.490. The zero-order valence-electron chi connectivity index (χ0n) is 6.71. The van der Waals surface area contributed by atoms with Gasteiger partial charge in [0.2, 0.25) is 5.91 Å². The molecule has 0 aliphatic carbocycles. The molecule has 0 aromatic heterocycles. The number of nitriles is 1. The van der Waals surface area contributed by atoms with Gasteiger partial charge in [-0.3, -0.25) is 4.79 Å². The van der Waals surface area contributed by atoms with Crippen LogP contribution in [-0.4, -0.2) is 16.8 Å². The molecule has 1 fully saturated rings. The van der Waals surface area contributed by atoms with E-state index in [4.69, 9.17) is 5.26 Å². The van der Waals surface area contributed by atoms with Crippen LogP contribution in [-0.2, 0) is 4.79 Å². The van der Waals surface area contributed by atoms with Crippen molar-refractivity contribution in [2.45, 2.75) is 38.6 Å². The van der Waals surface area contributed by atoms with Crippen LogP contribution in [0, 0.1) is 11.5 Å². The molecule has 60 valence electrons. The molecule has 1 saturated heterocycles. The van der Waals surface area contributed by atoms with Crippen molar-refractivity contribution in [3.8, 4) is 6.19 Å². The van der Waals surface area contributed by atoms with E-state index in [-0.39, 0.29) is 11.9 Å². The highest BCUT2D eigenvalue weighted by molar-refractivity contribution is 5.78. The van der Waals surface area contributed by atoms with Crippen LogP contribution in [0.4, 0.5) is 0 Å². The maximum atomic E-state index is 11.2. The maximum Gasteiger partial charge on any atom is 0.235 e. The van der Waals surface area contributed by atoms with Gasteiger partial charge in [0.25, 0.3) is 0 Å². The van der Waals surface area contributed by atoms with Gasteiger partial charge in [0.1, 0.15) is 0 Å². The molecule has 0 spiro atoms. The van der Waals surface area contributed by atoms with E-state index < -0.39 is 0 Å². The molecule has 0 N–H and O–H groups in total. The maximum absolute atomic E-state index is 11.2. The fraction of sp³-hybridized carbons (Fsp3) is 0.750. The van der Waals surface area contributed by atoms with Gasteiger partial charge in [-0.15, -0.1) is 0 Å². The van der Waals surface area contributed by atoms with Gasteiger partial charge in [0, 0.05) is 12.5 Å². The first-order valence-corrected chi connectivity index (χ1v) is 3.97. The van der Waals surface area contributed by atoms with E-state index in [1.165, 1.54) is 4.90 Å². The summed E-state index contributed by atoms with van der Waals surface area (Å²) in [6.07, 6.45) is 5.42. The third kappa shape index (κ3) is 1.70. The summed E-state index contributed by atoms with van der Waals surface area (Å²) in [5.41, 5.74) is 0. The Morgan fingerprint density at radius 3 is 3.00 bits per heavy atom. The lowest BCUT2D eigenvalue weighted by molar-refractivity contribution is -0.129. The Kier molecular flexibility index (Phi) is 2.48. The lowest BCUT2D eigenvalue weighted by Gasteiger charge is -2.17. The van der Waals surface area contributed by atoms with Crippen molar-refractivity contribution in [3.05, 3.63) is 0 Å². The molecule has 1 aliphatic heterocycles. The van der Waals surface area contributed by atoms with E-state index in [2.05, 4.69) is 0 Å². The predicted octanol–water partition coefficient (Wildman–Crippen LogP) is 1.26. The minimum Gasteiger partial charge on any atom is -0.274 e.